The van der Waals surface area contributed by atoms with Crippen LogP contribution in [-0.4, -0.2) is 12.8 Å². The van der Waals surface area contributed by atoms with Crippen LogP contribution in [0.4, 0.5) is 0 Å². The van der Waals surface area contributed by atoms with E-state index in [1.165, 1.54) is 0 Å². The number of nitrogens with one attached hydrogen (secondary N) is 1. The van der Waals surface area contributed by atoms with Crippen molar-refractivity contribution in [2.75, 3.05) is 6.61 Å². The summed E-state index contributed by atoms with van der Waals surface area (Å²) in [5.74, 6) is 9.58. The molecule has 7 N–H and O–H groups in total. The number of nitrogens with two attached hydrogens (primary N) is 3. The van der Waals surface area contributed by atoms with Crippen molar-refractivity contribution in [3.8, 4) is 0 Å². The predicted octanol–water partition coefficient (Wildman–Crippen LogP) is -3.12. The summed E-state index contributed by atoms with van der Waals surface area (Å²) in [7, 11) is 0. The quantitative estimate of drug-likeness (QED) is 0.178. The van der Waals surface area contributed by atoms with Gasteiger partial charge in [0, 0.05) is 0 Å². The molecule has 6 heteroatoms. The lowest BCUT2D eigenvalue weighted by Crippen LogP contribution is -2.43. The molecule has 0 radical (unpaired) electrons. The predicted molar refractivity (Wildman–Crippen MR) is 25.6 cm³/mol. The minimum absolute atomic E-state index is 0.174. The molecule has 1 atom stereocenters. The van der Waals surface area contributed by atoms with Crippen molar-refractivity contribution in [2.45, 2.75) is 6.17 Å². The SMILES string of the molecule is NNC(CON)N=[NH2+]. The fraction of sp³-hybridized carbons (Fsp3) is 1.00. The first-order valence-corrected chi connectivity index (χ1v) is 2.03. The number of hydrazine groups is 1. The molecule has 0 saturated heterocycles. The molecule has 6 nitrogen and oxygen atoms in total. The number of hydrogen-bond donors (Lipinski definition) is 4. The van der Waals surface area contributed by atoms with Crippen LogP contribution in [0.5, 0.6) is 0 Å². The smallest absolute Gasteiger partial charge is 0.200 e. The van der Waals surface area contributed by atoms with Crippen molar-refractivity contribution >= 4 is 0 Å². The summed E-state index contributed by atoms with van der Waals surface area (Å²) in [6, 6.07) is 0. The van der Waals surface area contributed by atoms with Crippen LogP contribution in [0.25, 0.3) is 0 Å². The van der Waals surface area contributed by atoms with E-state index >= 15 is 0 Å². The minimum Gasteiger partial charge on any atom is -0.301 e. The number of rotatable bonds is 4. The summed E-state index contributed by atoms with van der Waals surface area (Å²) in [5.41, 5.74) is 7.07. The Kier molecular flexibility index (Phi) is 4.27. The van der Waals surface area contributed by atoms with Gasteiger partial charge in [-0.15, -0.1) is 0 Å². The summed E-state index contributed by atoms with van der Waals surface area (Å²) < 4.78 is 0. The summed E-state index contributed by atoms with van der Waals surface area (Å²) in [6.45, 7) is 0.174. The second kappa shape index (κ2) is 4.60. The third-order valence-corrected chi connectivity index (χ3v) is 0.626. The van der Waals surface area contributed by atoms with Crippen LogP contribution < -0.4 is 22.7 Å². The van der Waals surface area contributed by atoms with Crippen LogP contribution in [0.15, 0.2) is 5.11 Å². The molecular weight excluding hydrogens is 110 g/mol. The van der Waals surface area contributed by atoms with Gasteiger partial charge in [-0.2, -0.15) is 5.53 Å². The molecule has 0 amide bonds. The summed E-state index contributed by atoms with van der Waals surface area (Å²) in [5, 5.41) is 3.26. The molecule has 0 spiro atoms. The molecule has 0 aliphatic carbocycles. The highest BCUT2D eigenvalue weighted by Gasteiger charge is 2.03. The molecule has 0 aliphatic rings. The van der Waals surface area contributed by atoms with Crippen LogP contribution in [0.2, 0.25) is 0 Å². The highest BCUT2D eigenvalue weighted by molar-refractivity contribution is 4.49. The summed E-state index contributed by atoms with van der Waals surface area (Å²) in [6.07, 6.45) is -0.417. The van der Waals surface area contributed by atoms with Crippen LogP contribution >= 0.6 is 0 Å². The van der Waals surface area contributed by atoms with E-state index in [-0.39, 0.29) is 6.61 Å². The Morgan fingerprint density at radius 1 is 1.88 bits per heavy atom. The minimum atomic E-state index is -0.417. The van der Waals surface area contributed by atoms with Gasteiger partial charge in [-0.1, -0.05) is 0 Å². The molecule has 0 heterocycles. The van der Waals surface area contributed by atoms with Crippen molar-refractivity contribution in [1.29, 1.82) is 0 Å². The van der Waals surface area contributed by atoms with Crippen molar-refractivity contribution in [1.82, 2.24) is 5.43 Å². The molecule has 0 aromatic carbocycles. The summed E-state index contributed by atoms with van der Waals surface area (Å²) in [4.78, 5) is 4.17. The van der Waals surface area contributed by atoms with Crippen molar-refractivity contribution in [2.24, 2.45) is 16.9 Å². The van der Waals surface area contributed by atoms with E-state index in [1.807, 2.05) is 0 Å². The Labute approximate surface area is 46.6 Å². The maximum absolute atomic E-state index is 4.91. The monoisotopic (exact) mass is 120 g/mol. The van der Waals surface area contributed by atoms with Gasteiger partial charge in [-0.05, 0) is 5.11 Å². The number of hydrogen-bond acceptors (Lipinski definition) is 5. The molecule has 0 aromatic rings. The van der Waals surface area contributed by atoms with Gasteiger partial charge < -0.3 is 4.84 Å². The molecule has 8 heavy (non-hydrogen) atoms. The van der Waals surface area contributed by atoms with E-state index in [2.05, 4.69) is 21.3 Å². The second-order valence-electron chi connectivity index (χ2n) is 1.16. The van der Waals surface area contributed by atoms with E-state index in [1.54, 1.807) is 0 Å². The normalized spacial score (nSPS) is 13.2. The third-order valence-electron chi connectivity index (χ3n) is 0.626. The lowest BCUT2D eigenvalue weighted by molar-refractivity contribution is -0.233. The van der Waals surface area contributed by atoms with Gasteiger partial charge >= 0.3 is 0 Å². The molecule has 0 saturated carbocycles. The van der Waals surface area contributed by atoms with Crippen LogP contribution in [-0.2, 0) is 4.84 Å². The maximum atomic E-state index is 4.91. The first-order chi connectivity index (χ1) is 3.85. The molecule has 0 aliphatic heterocycles. The third kappa shape index (κ3) is 2.59. The molecule has 0 rings (SSSR count). The fourth-order valence-electron chi connectivity index (χ4n) is 0.225. The zero-order valence-electron chi connectivity index (χ0n) is 4.37. The molecule has 1 unspecified atom stereocenters. The van der Waals surface area contributed by atoms with Crippen LogP contribution in [0, 0.1) is 0 Å². The Bertz CT molecular complexity index is 65.4. The molecule has 48 valence electrons. The number of nitrogens with zero attached hydrogens (tertiary/aromatic N) is 1. The van der Waals surface area contributed by atoms with Crippen LogP contribution in [0.1, 0.15) is 0 Å². The van der Waals surface area contributed by atoms with Gasteiger partial charge in [0.1, 0.15) is 6.61 Å². The lowest BCUT2D eigenvalue weighted by Gasteiger charge is -2.01. The van der Waals surface area contributed by atoms with Gasteiger partial charge in [-0.3, -0.25) is 5.84 Å². The average Bonchev–Trinajstić information content (AvgIpc) is 1.83. The van der Waals surface area contributed by atoms with Crippen molar-refractivity contribution in [3.63, 3.8) is 0 Å². The first-order valence-electron chi connectivity index (χ1n) is 2.03. The zero-order chi connectivity index (χ0) is 6.41. The van der Waals surface area contributed by atoms with E-state index in [0.717, 1.165) is 0 Å². The Balaban J connectivity index is 3.21. The average molecular weight is 120 g/mol. The maximum Gasteiger partial charge on any atom is 0.200 e. The van der Waals surface area contributed by atoms with E-state index in [0.29, 0.717) is 0 Å². The highest BCUT2D eigenvalue weighted by Crippen LogP contribution is 1.76. The standard InChI is InChI=1S/C2H9N5O/c3-6-2(7-4)1-8-5/h2-3,7H,1,4-5H2/p+1. The van der Waals surface area contributed by atoms with Gasteiger partial charge in [0.2, 0.25) is 0 Å². The lowest BCUT2D eigenvalue weighted by atomic mass is 10.6. The van der Waals surface area contributed by atoms with E-state index < -0.39 is 6.17 Å². The summed E-state index contributed by atoms with van der Waals surface area (Å²) >= 11 is 0. The van der Waals surface area contributed by atoms with Crippen molar-refractivity contribution in [3.05, 3.63) is 0 Å². The van der Waals surface area contributed by atoms with Crippen molar-refractivity contribution < 1.29 is 10.4 Å². The van der Waals surface area contributed by atoms with Crippen LogP contribution in [0.3, 0.4) is 0 Å². The molecule has 0 fully saturated rings. The Morgan fingerprint density at radius 3 is 2.62 bits per heavy atom. The Morgan fingerprint density at radius 2 is 2.50 bits per heavy atom. The van der Waals surface area contributed by atoms with Gasteiger partial charge in [-0.25, -0.2) is 11.3 Å². The zero-order valence-corrected chi connectivity index (χ0v) is 4.37. The molecule has 0 aromatic heterocycles. The van der Waals surface area contributed by atoms with Gasteiger partial charge in [0.05, 0.1) is 0 Å². The highest BCUT2D eigenvalue weighted by atomic mass is 16.6. The van der Waals surface area contributed by atoms with E-state index in [4.69, 9.17) is 11.4 Å². The second-order valence-corrected chi connectivity index (χ2v) is 1.16. The van der Waals surface area contributed by atoms with Gasteiger partial charge in [0.15, 0.2) is 6.17 Å². The molecule has 0 bridgehead atoms. The Hall–Kier alpha value is -0.560. The fourth-order valence-corrected chi connectivity index (χ4v) is 0.225. The topological polar surface area (TPSA) is 111 Å². The first kappa shape index (κ1) is 7.44. The van der Waals surface area contributed by atoms with E-state index in [9.17, 15) is 0 Å². The largest absolute Gasteiger partial charge is 0.301 e. The van der Waals surface area contributed by atoms with Gasteiger partial charge in [0.25, 0.3) is 0 Å². The molecular formula is C2H10N5O+.